The lowest BCUT2D eigenvalue weighted by Crippen LogP contribution is -2.32. The van der Waals surface area contributed by atoms with Crippen molar-refractivity contribution in [2.24, 2.45) is 0 Å². The molecule has 0 atom stereocenters. The molecule has 7 heteroatoms. The van der Waals surface area contributed by atoms with Crippen molar-refractivity contribution in [1.82, 2.24) is 15.0 Å². The largest absolute Gasteiger partial charge is 0.283 e. The van der Waals surface area contributed by atoms with E-state index in [9.17, 15) is 4.79 Å². The fourth-order valence-corrected chi connectivity index (χ4v) is 2.80. The second kappa shape index (κ2) is 6.49. The van der Waals surface area contributed by atoms with Gasteiger partial charge in [-0.15, -0.1) is 11.3 Å². The Balaban J connectivity index is 2.40. The average Bonchev–Trinajstić information content (AvgIpc) is 2.86. The molecule has 0 saturated carbocycles. The van der Waals surface area contributed by atoms with E-state index in [0.29, 0.717) is 17.5 Å². The minimum absolute atomic E-state index is 0.131. The minimum Gasteiger partial charge on any atom is -0.283 e. The highest BCUT2D eigenvalue weighted by Gasteiger charge is 2.23. The van der Waals surface area contributed by atoms with Gasteiger partial charge in [0.15, 0.2) is 10.8 Å². The highest BCUT2D eigenvalue weighted by atomic mass is 35.5. The lowest BCUT2D eigenvalue weighted by molar-refractivity contribution is 0.0983. The van der Waals surface area contributed by atoms with Gasteiger partial charge in [-0.2, -0.15) is 0 Å². The van der Waals surface area contributed by atoms with Gasteiger partial charge in [-0.05, 0) is 13.8 Å². The summed E-state index contributed by atoms with van der Waals surface area (Å²) in [5.74, 6) is 0.487. The Bertz CT molecular complexity index is 656. The first-order valence-corrected chi connectivity index (χ1v) is 7.96. The number of rotatable bonds is 4. The molecule has 0 radical (unpaired) electrons. The normalized spacial score (nSPS) is 11.0. The number of aromatic nitrogens is 3. The van der Waals surface area contributed by atoms with Crippen molar-refractivity contribution in [3.05, 3.63) is 33.8 Å². The molecule has 2 aromatic heterocycles. The first-order valence-electron chi connectivity index (χ1n) is 6.70. The van der Waals surface area contributed by atoms with Crippen molar-refractivity contribution < 1.29 is 4.79 Å². The van der Waals surface area contributed by atoms with Crippen molar-refractivity contribution >= 4 is 34.0 Å². The molecule has 0 saturated heterocycles. The maximum Gasteiger partial charge on any atom is 0.280 e. The molecule has 112 valence electrons. The molecule has 0 aliphatic rings. The monoisotopic (exact) mass is 324 g/mol. The molecule has 0 aromatic carbocycles. The summed E-state index contributed by atoms with van der Waals surface area (Å²) >= 11 is 7.53. The van der Waals surface area contributed by atoms with E-state index in [0.717, 1.165) is 5.69 Å². The molecule has 0 spiro atoms. The van der Waals surface area contributed by atoms with E-state index in [-0.39, 0.29) is 22.5 Å². The minimum atomic E-state index is -0.249. The zero-order chi connectivity index (χ0) is 15.6. The molecular formula is C14H17ClN4OS. The van der Waals surface area contributed by atoms with Crippen LogP contribution in [0.5, 0.6) is 0 Å². The molecule has 2 rings (SSSR count). The number of hydrogen-bond donors (Lipinski definition) is 0. The third kappa shape index (κ3) is 3.39. The third-order valence-corrected chi connectivity index (χ3v) is 4.14. The van der Waals surface area contributed by atoms with Crippen molar-refractivity contribution in [3.8, 4) is 0 Å². The second-order valence-corrected chi connectivity index (χ2v) is 6.14. The van der Waals surface area contributed by atoms with Crippen molar-refractivity contribution in [2.45, 2.75) is 33.6 Å². The fraction of sp³-hybridized carbons (Fsp3) is 0.429. The van der Waals surface area contributed by atoms with Gasteiger partial charge in [0.05, 0.1) is 16.9 Å². The molecule has 0 N–H and O–H groups in total. The summed E-state index contributed by atoms with van der Waals surface area (Å²) in [6, 6.07) is 0. The van der Waals surface area contributed by atoms with Crippen LogP contribution in [0.25, 0.3) is 0 Å². The molecular weight excluding hydrogens is 308 g/mol. The molecule has 5 nitrogen and oxygen atoms in total. The van der Waals surface area contributed by atoms with E-state index in [4.69, 9.17) is 11.6 Å². The summed E-state index contributed by atoms with van der Waals surface area (Å²) in [6.07, 6.45) is 1.48. The Morgan fingerprint density at radius 3 is 2.67 bits per heavy atom. The van der Waals surface area contributed by atoms with Gasteiger partial charge in [-0.25, -0.2) is 15.0 Å². The van der Waals surface area contributed by atoms with Gasteiger partial charge in [-0.3, -0.25) is 9.69 Å². The number of amides is 1. The molecule has 2 heterocycles. The van der Waals surface area contributed by atoms with Gasteiger partial charge in [0.1, 0.15) is 5.82 Å². The van der Waals surface area contributed by atoms with Gasteiger partial charge in [0, 0.05) is 17.8 Å². The summed E-state index contributed by atoms with van der Waals surface area (Å²) < 4.78 is 0. The molecule has 21 heavy (non-hydrogen) atoms. The van der Waals surface area contributed by atoms with E-state index in [2.05, 4.69) is 15.0 Å². The van der Waals surface area contributed by atoms with Crippen LogP contribution in [0.3, 0.4) is 0 Å². The molecule has 0 unspecified atom stereocenters. The topological polar surface area (TPSA) is 59.0 Å². The lowest BCUT2D eigenvalue weighted by Gasteiger charge is -2.18. The van der Waals surface area contributed by atoms with Crippen LogP contribution in [0.15, 0.2) is 11.6 Å². The van der Waals surface area contributed by atoms with Crippen LogP contribution < -0.4 is 4.90 Å². The maximum absolute atomic E-state index is 12.7. The summed E-state index contributed by atoms with van der Waals surface area (Å²) in [4.78, 5) is 27.1. The highest BCUT2D eigenvalue weighted by Crippen LogP contribution is 2.24. The molecule has 0 aliphatic heterocycles. The van der Waals surface area contributed by atoms with Gasteiger partial charge in [-0.1, -0.05) is 25.4 Å². The second-order valence-electron chi connectivity index (χ2n) is 4.90. The van der Waals surface area contributed by atoms with E-state index in [1.807, 2.05) is 33.1 Å². The Hall–Kier alpha value is -1.53. The smallest absolute Gasteiger partial charge is 0.280 e. The Morgan fingerprint density at radius 2 is 2.14 bits per heavy atom. The number of halogens is 1. The Labute approximate surface area is 133 Å². The zero-order valence-electron chi connectivity index (χ0n) is 12.4. The standard InChI is InChI=1S/C14H17ClN4OS/c1-5-19(14-17-9(4)7-21-14)13(20)11-10(15)6-16-12(18-11)8(2)3/h6-8H,5H2,1-4H3. The van der Waals surface area contributed by atoms with Crippen molar-refractivity contribution in [1.29, 1.82) is 0 Å². The van der Waals surface area contributed by atoms with Gasteiger partial charge < -0.3 is 0 Å². The SMILES string of the molecule is CCN(C(=O)c1nc(C(C)C)ncc1Cl)c1nc(C)cs1. The van der Waals surface area contributed by atoms with Crippen LogP contribution in [-0.2, 0) is 0 Å². The fourth-order valence-electron chi connectivity index (χ4n) is 1.77. The summed E-state index contributed by atoms with van der Waals surface area (Å²) in [5.41, 5.74) is 1.11. The van der Waals surface area contributed by atoms with E-state index >= 15 is 0 Å². The number of carbonyl (C=O) groups is 1. The van der Waals surface area contributed by atoms with Crippen molar-refractivity contribution in [3.63, 3.8) is 0 Å². The van der Waals surface area contributed by atoms with Crippen LogP contribution >= 0.6 is 22.9 Å². The number of aryl methyl sites for hydroxylation is 1. The highest BCUT2D eigenvalue weighted by molar-refractivity contribution is 7.14. The zero-order valence-corrected chi connectivity index (χ0v) is 14.0. The van der Waals surface area contributed by atoms with Gasteiger partial charge in [0.2, 0.25) is 0 Å². The average molecular weight is 325 g/mol. The van der Waals surface area contributed by atoms with Crippen LogP contribution in [0.1, 0.15) is 48.7 Å². The molecule has 0 bridgehead atoms. The Kier molecular flexibility index (Phi) is 4.90. The molecule has 0 aliphatic carbocycles. The quantitative estimate of drug-likeness (QED) is 0.860. The van der Waals surface area contributed by atoms with E-state index in [1.54, 1.807) is 4.90 Å². The molecule has 2 aromatic rings. The third-order valence-electron chi connectivity index (χ3n) is 2.88. The van der Waals surface area contributed by atoms with Crippen LogP contribution in [0, 0.1) is 6.92 Å². The Morgan fingerprint density at radius 1 is 1.43 bits per heavy atom. The number of hydrogen-bond acceptors (Lipinski definition) is 5. The van der Waals surface area contributed by atoms with Gasteiger partial charge in [0.25, 0.3) is 5.91 Å². The molecule has 1 amide bonds. The first-order chi connectivity index (χ1) is 9.93. The van der Waals surface area contributed by atoms with Gasteiger partial charge >= 0.3 is 0 Å². The number of nitrogens with zero attached hydrogens (tertiary/aromatic N) is 4. The lowest BCUT2D eigenvalue weighted by atomic mass is 10.2. The van der Waals surface area contributed by atoms with Crippen LogP contribution in [0.2, 0.25) is 5.02 Å². The summed E-state index contributed by atoms with van der Waals surface area (Å²) in [5, 5.41) is 2.82. The predicted octanol–water partition coefficient (Wildman–Crippen LogP) is 3.69. The van der Waals surface area contributed by atoms with Crippen LogP contribution in [-0.4, -0.2) is 27.4 Å². The van der Waals surface area contributed by atoms with E-state index in [1.165, 1.54) is 17.5 Å². The maximum atomic E-state index is 12.7. The van der Waals surface area contributed by atoms with Crippen LogP contribution in [0.4, 0.5) is 5.13 Å². The number of carbonyl (C=O) groups excluding carboxylic acids is 1. The van der Waals surface area contributed by atoms with Crippen molar-refractivity contribution in [2.75, 3.05) is 11.4 Å². The first kappa shape index (κ1) is 15.9. The molecule has 0 fully saturated rings. The number of anilines is 1. The predicted molar refractivity (Wildman–Crippen MR) is 85.3 cm³/mol. The number of thiazole rings is 1. The summed E-state index contributed by atoms with van der Waals surface area (Å²) in [6.45, 7) is 8.24. The summed E-state index contributed by atoms with van der Waals surface area (Å²) in [7, 11) is 0. The van der Waals surface area contributed by atoms with E-state index < -0.39 is 0 Å².